The minimum atomic E-state index is -0.379. The number of rotatable bonds is 15. The zero-order valence-electron chi connectivity index (χ0n) is 30.6. The first-order chi connectivity index (χ1) is 24.3. The molecule has 0 saturated carbocycles. The van der Waals surface area contributed by atoms with Crippen LogP contribution < -0.4 is 30.3 Å². The lowest BCUT2D eigenvalue weighted by molar-refractivity contribution is -0.133. The van der Waals surface area contributed by atoms with Crippen LogP contribution in [0.5, 0.6) is 17.2 Å². The standard InChI is InChI=1S/C39H56N4O7/c1-26(44)41-31-16-14-27-23-35(48-3)38(49-4)39(50-5)37(27)29-15-17-32(34(45)24-30(29)31)40-18-8-13-36(46)43(21-10-22-47-2)25-28-11-9-20-42-19-7-6-12-33(28)42/h15,17,23-24,28,31,33H,6-14,16,18-22,25H2,1-5H3,(H,40,45)(H,41,44)/t28-,31-,33+/m0/s1. The second-order valence-corrected chi connectivity index (χ2v) is 13.8. The number of carbonyl (C=O) groups excluding carboxylic acids is 2. The van der Waals surface area contributed by atoms with Crippen LogP contribution in [0, 0.1) is 5.92 Å². The Balaban J connectivity index is 1.33. The second-order valence-electron chi connectivity index (χ2n) is 13.8. The van der Waals surface area contributed by atoms with Gasteiger partial charge in [-0.05, 0) is 105 Å². The van der Waals surface area contributed by atoms with Gasteiger partial charge in [-0.15, -0.1) is 0 Å². The van der Waals surface area contributed by atoms with Crippen LogP contribution >= 0.6 is 0 Å². The molecule has 1 aliphatic carbocycles. The molecule has 2 aromatic rings. The average molecular weight is 693 g/mol. The van der Waals surface area contributed by atoms with Crippen LogP contribution in [0.25, 0.3) is 11.1 Å². The molecule has 3 atom stereocenters. The highest BCUT2D eigenvalue weighted by Gasteiger charge is 2.35. The van der Waals surface area contributed by atoms with E-state index in [0.29, 0.717) is 85.8 Å². The molecule has 5 rings (SSSR count). The van der Waals surface area contributed by atoms with Gasteiger partial charge in [-0.2, -0.15) is 0 Å². The maximum atomic E-state index is 13.7. The third kappa shape index (κ3) is 8.72. The first-order valence-corrected chi connectivity index (χ1v) is 18.3. The molecule has 274 valence electrons. The summed E-state index contributed by atoms with van der Waals surface area (Å²) in [6.07, 6.45) is 9.21. The maximum absolute atomic E-state index is 13.7. The Morgan fingerprint density at radius 3 is 2.48 bits per heavy atom. The smallest absolute Gasteiger partial charge is 0.222 e. The topological polar surface area (TPSA) is 119 Å². The van der Waals surface area contributed by atoms with Gasteiger partial charge in [-0.25, -0.2) is 0 Å². The number of nitrogens with one attached hydrogen (secondary N) is 2. The van der Waals surface area contributed by atoms with Gasteiger partial charge < -0.3 is 39.4 Å². The SMILES string of the molecule is COCCCN(C[C@@H]1CCCN2CCCC[C@H]12)C(=O)CCCNc1ccc2c(cc1=O)[C@@H](NC(C)=O)CCc1cc(OC)c(OC)c(OC)c1-2. The number of aryl methyl sites for hydroxylation is 1. The monoisotopic (exact) mass is 692 g/mol. The van der Waals surface area contributed by atoms with Crippen LogP contribution in [0.2, 0.25) is 0 Å². The molecule has 11 nitrogen and oxygen atoms in total. The number of methoxy groups -OCH3 is 4. The molecule has 0 bridgehead atoms. The lowest BCUT2D eigenvalue weighted by Gasteiger charge is -2.45. The van der Waals surface area contributed by atoms with Gasteiger partial charge in [-0.1, -0.05) is 12.5 Å². The number of anilines is 1. The minimum Gasteiger partial charge on any atom is -0.493 e. The predicted molar refractivity (Wildman–Crippen MR) is 195 cm³/mol. The van der Waals surface area contributed by atoms with Crippen molar-refractivity contribution < 1.29 is 28.5 Å². The highest BCUT2D eigenvalue weighted by atomic mass is 16.5. The Hall–Kier alpha value is -3.83. The van der Waals surface area contributed by atoms with Gasteiger partial charge in [0.25, 0.3) is 0 Å². The number of piperidine rings is 2. The zero-order valence-corrected chi connectivity index (χ0v) is 30.6. The quantitative estimate of drug-likeness (QED) is 0.244. The van der Waals surface area contributed by atoms with Gasteiger partial charge in [0.15, 0.2) is 11.5 Å². The maximum Gasteiger partial charge on any atom is 0.222 e. The van der Waals surface area contributed by atoms with Gasteiger partial charge in [0.2, 0.25) is 23.0 Å². The third-order valence-corrected chi connectivity index (χ3v) is 10.6. The lowest BCUT2D eigenvalue weighted by atomic mass is 9.83. The van der Waals surface area contributed by atoms with Crippen molar-refractivity contribution in [1.82, 2.24) is 15.1 Å². The van der Waals surface area contributed by atoms with Crippen molar-refractivity contribution >= 4 is 17.5 Å². The molecule has 0 radical (unpaired) electrons. The number of ether oxygens (including phenoxy) is 4. The van der Waals surface area contributed by atoms with Crippen LogP contribution in [0.15, 0.2) is 29.1 Å². The highest BCUT2D eigenvalue weighted by Crippen LogP contribution is 2.50. The molecule has 2 amide bonds. The number of hydrogen-bond donors (Lipinski definition) is 2. The van der Waals surface area contributed by atoms with Crippen molar-refractivity contribution in [2.75, 3.05) is 73.1 Å². The van der Waals surface area contributed by atoms with Crippen LogP contribution in [0.3, 0.4) is 0 Å². The van der Waals surface area contributed by atoms with Gasteiger partial charge in [-0.3, -0.25) is 14.4 Å². The molecule has 2 aromatic carbocycles. The molecule has 3 aliphatic rings. The Morgan fingerprint density at radius 1 is 0.940 bits per heavy atom. The summed E-state index contributed by atoms with van der Waals surface area (Å²) < 4.78 is 22.5. The Morgan fingerprint density at radius 2 is 1.74 bits per heavy atom. The fourth-order valence-electron chi connectivity index (χ4n) is 8.27. The summed E-state index contributed by atoms with van der Waals surface area (Å²) in [5.41, 5.74) is 3.52. The largest absolute Gasteiger partial charge is 0.493 e. The van der Waals surface area contributed by atoms with E-state index in [4.69, 9.17) is 18.9 Å². The van der Waals surface area contributed by atoms with Gasteiger partial charge in [0.1, 0.15) is 0 Å². The molecule has 2 aliphatic heterocycles. The molecule has 2 saturated heterocycles. The normalized spacial score (nSPS) is 20.0. The minimum absolute atomic E-state index is 0.162. The number of hydrogen-bond acceptors (Lipinski definition) is 9. The van der Waals surface area contributed by atoms with E-state index in [0.717, 1.165) is 29.7 Å². The number of carbonyl (C=O) groups is 2. The Labute approximate surface area is 297 Å². The molecule has 11 heteroatoms. The van der Waals surface area contributed by atoms with E-state index in [1.165, 1.54) is 52.1 Å². The molecule has 0 spiro atoms. The molecule has 50 heavy (non-hydrogen) atoms. The number of amides is 2. The van der Waals surface area contributed by atoms with Crippen LogP contribution in [-0.4, -0.2) is 95.4 Å². The lowest BCUT2D eigenvalue weighted by Crippen LogP contribution is -2.51. The van der Waals surface area contributed by atoms with Crippen molar-refractivity contribution in [3.63, 3.8) is 0 Å². The summed E-state index contributed by atoms with van der Waals surface area (Å²) in [5.74, 6) is 2.03. The highest BCUT2D eigenvalue weighted by molar-refractivity contribution is 5.84. The first kappa shape index (κ1) is 37.4. The molecular formula is C39H56N4O7. The molecule has 2 heterocycles. The number of fused-ring (bicyclic) bond motifs is 4. The predicted octanol–water partition coefficient (Wildman–Crippen LogP) is 5.18. The van der Waals surface area contributed by atoms with E-state index in [2.05, 4.69) is 20.4 Å². The summed E-state index contributed by atoms with van der Waals surface area (Å²) in [5, 5.41) is 6.36. The van der Waals surface area contributed by atoms with E-state index in [1.807, 2.05) is 12.1 Å². The van der Waals surface area contributed by atoms with Gasteiger partial charge in [0, 0.05) is 58.3 Å². The van der Waals surface area contributed by atoms with Crippen molar-refractivity contribution in [3.05, 3.63) is 45.6 Å². The van der Waals surface area contributed by atoms with Crippen LogP contribution in [0.1, 0.15) is 81.9 Å². The molecule has 0 aromatic heterocycles. The molecule has 2 N–H and O–H groups in total. The average Bonchev–Trinajstić information content (AvgIpc) is 3.36. The van der Waals surface area contributed by atoms with Crippen LogP contribution in [0.4, 0.5) is 5.69 Å². The zero-order chi connectivity index (χ0) is 35.6. The molecular weight excluding hydrogens is 636 g/mol. The van der Waals surface area contributed by atoms with E-state index < -0.39 is 0 Å². The summed E-state index contributed by atoms with van der Waals surface area (Å²) in [4.78, 5) is 44.3. The fourth-order valence-corrected chi connectivity index (χ4v) is 8.27. The summed E-state index contributed by atoms with van der Waals surface area (Å²) in [7, 11) is 6.44. The molecule has 2 fully saturated rings. The van der Waals surface area contributed by atoms with Gasteiger partial charge >= 0.3 is 0 Å². The third-order valence-electron chi connectivity index (χ3n) is 10.6. The van der Waals surface area contributed by atoms with Crippen molar-refractivity contribution in [3.8, 4) is 28.4 Å². The Kier molecular flexibility index (Phi) is 13.4. The van der Waals surface area contributed by atoms with E-state index in [1.54, 1.807) is 40.6 Å². The van der Waals surface area contributed by atoms with Gasteiger partial charge in [0.05, 0.1) is 33.1 Å². The van der Waals surface area contributed by atoms with E-state index >= 15 is 0 Å². The summed E-state index contributed by atoms with van der Waals surface area (Å²) in [6, 6.07) is 7.46. The number of nitrogens with zero attached hydrogens (tertiary/aromatic N) is 2. The van der Waals surface area contributed by atoms with Crippen molar-refractivity contribution in [2.45, 2.75) is 83.2 Å². The van der Waals surface area contributed by atoms with Crippen molar-refractivity contribution in [2.24, 2.45) is 5.92 Å². The fraction of sp³-hybridized carbons (Fsp3) is 0.615. The summed E-state index contributed by atoms with van der Waals surface area (Å²) in [6.45, 7) is 6.46. The first-order valence-electron chi connectivity index (χ1n) is 18.3. The summed E-state index contributed by atoms with van der Waals surface area (Å²) >= 11 is 0. The molecule has 0 unspecified atom stereocenters. The van der Waals surface area contributed by atoms with E-state index in [-0.39, 0.29) is 23.3 Å². The van der Waals surface area contributed by atoms with E-state index in [9.17, 15) is 14.4 Å². The van der Waals surface area contributed by atoms with Crippen LogP contribution in [-0.2, 0) is 20.7 Å². The Bertz CT molecular complexity index is 1550. The second kappa shape index (κ2) is 17.9. The number of benzene rings is 1. The van der Waals surface area contributed by atoms with Crippen molar-refractivity contribution in [1.29, 1.82) is 0 Å².